The van der Waals surface area contributed by atoms with Gasteiger partial charge in [-0.25, -0.2) is 0 Å². The number of pyridine rings is 1. The zero-order valence-corrected chi connectivity index (χ0v) is 9.50. The Kier molecular flexibility index (Phi) is 2.92. The van der Waals surface area contributed by atoms with Gasteiger partial charge in [0.1, 0.15) is 0 Å². The van der Waals surface area contributed by atoms with Gasteiger partial charge in [0, 0.05) is 6.20 Å². The van der Waals surface area contributed by atoms with Crippen molar-refractivity contribution < 1.29 is 9.90 Å². The second-order valence-corrected chi connectivity index (χ2v) is 4.51. The van der Waals surface area contributed by atoms with Crippen LogP contribution in [0, 0.1) is 11.8 Å². The zero-order valence-electron chi connectivity index (χ0n) is 9.50. The van der Waals surface area contributed by atoms with E-state index in [-0.39, 0.29) is 17.9 Å². The topological polar surface area (TPSA) is 53.4 Å². The molecule has 86 valence electrons. The lowest BCUT2D eigenvalue weighted by Gasteiger charge is -2.23. The number of aromatic nitrogens is 1. The fraction of sp³-hybridized carbons (Fsp3) is 0.500. The van der Waals surface area contributed by atoms with E-state index in [1.807, 2.05) is 32.3 Å². The summed E-state index contributed by atoms with van der Waals surface area (Å²) in [6.45, 7) is 0. The Morgan fingerprint density at radius 1 is 1.56 bits per heavy atom. The summed E-state index contributed by atoms with van der Waals surface area (Å²) in [6.07, 6.45) is 2.51. The summed E-state index contributed by atoms with van der Waals surface area (Å²) in [5, 5.41) is 8.96. The molecule has 1 aromatic rings. The maximum absolute atomic E-state index is 10.9. The number of carbonyl (C=O) groups is 1. The molecule has 1 aromatic heterocycles. The molecule has 1 aliphatic carbocycles. The molecule has 1 fully saturated rings. The lowest BCUT2D eigenvalue weighted by Crippen LogP contribution is -2.24. The van der Waals surface area contributed by atoms with Gasteiger partial charge in [0.05, 0.1) is 17.7 Å². The molecule has 4 nitrogen and oxygen atoms in total. The highest BCUT2D eigenvalue weighted by atomic mass is 16.4. The Morgan fingerprint density at radius 2 is 2.31 bits per heavy atom. The van der Waals surface area contributed by atoms with Crippen LogP contribution >= 0.6 is 0 Å². The van der Waals surface area contributed by atoms with E-state index in [1.165, 1.54) is 0 Å². The number of hydrogen-bond acceptors (Lipinski definition) is 3. The smallest absolute Gasteiger partial charge is 0.306 e. The number of nitrogens with zero attached hydrogens (tertiary/aromatic N) is 2. The van der Waals surface area contributed by atoms with Gasteiger partial charge in [-0.2, -0.15) is 0 Å². The van der Waals surface area contributed by atoms with Gasteiger partial charge in [-0.05, 0) is 38.6 Å². The number of aliphatic carboxylic acids is 1. The number of carboxylic acids is 1. The predicted molar refractivity (Wildman–Crippen MR) is 59.9 cm³/mol. The molecule has 3 atom stereocenters. The van der Waals surface area contributed by atoms with Gasteiger partial charge in [0.15, 0.2) is 0 Å². The van der Waals surface area contributed by atoms with Gasteiger partial charge in [-0.3, -0.25) is 9.78 Å². The number of hydrogen-bond donors (Lipinski definition) is 1. The molecule has 0 aromatic carbocycles. The summed E-state index contributed by atoms with van der Waals surface area (Å²) in [6, 6.07) is 5.89. The van der Waals surface area contributed by atoms with Crippen molar-refractivity contribution in [2.75, 3.05) is 14.1 Å². The summed E-state index contributed by atoms with van der Waals surface area (Å²) < 4.78 is 0. The Morgan fingerprint density at radius 3 is 2.75 bits per heavy atom. The highest BCUT2D eigenvalue weighted by Gasteiger charge is 2.49. The molecule has 0 amide bonds. The van der Waals surface area contributed by atoms with Crippen molar-refractivity contribution in [3.63, 3.8) is 0 Å². The van der Waals surface area contributed by atoms with Gasteiger partial charge in [-0.15, -0.1) is 0 Å². The molecular formula is C12H16N2O2. The molecule has 1 heterocycles. The van der Waals surface area contributed by atoms with Crippen LogP contribution in [0.5, 0.6) is 0 Å². The number of rotatable bonds is 4. The Balaban J connectivity index is 2.17. The van der Waals surface area contributed by atoms with Crippen LogP contribution in [0.3, 0.4) is 0 Å². The molecule has 1 saturated carbocycles. The minimum Gasteiger partial charge on any atom is -0.481 e. The largest absolute Gasteiger partial charge is 0.481 e. The fourth-order valence-corrected chi connectivity index (χ4v) is 2.27. The molecule has 2 rings (SSSR count). The maximum Gasteiger partial charge on any atom is 0.306 e. The van der Waals surface area contributed by atoms with Gasteiger partial charge >= 0.3 is 5.97 Å². The Labute approximate surface area is 94.9 Å². The van der Waals surface area contributed by atoms with Crippen molar-refractivity contribution >= 4 is 5.97 Å². The van der Waals surface area contributed by atoms with E-state index >= 15 is 0 Å². The molecule has 4 heteroatoms. The van der Waals surface area contributed by atoms with E-state index in [2.05, 4.69) is 9.88 Å². The third-order valence-corrected chi connectivity index (χ3v) is 3.11. The first kappa shape index (κ1) is 11.1. The third-order valence-electron chi connectivity index (χ3n) is 3.11. The second kappa shape index (κ2) is 4.22. The molecule has 0 radical (unpaired) electrons. The van der Waals surface area contributed by atoms with Crippen molar-refractivity contribution in [2.24, 2.45) is 11.8 Å². The van der Waals surface area contributed by atoms with Crippen molar-refractivity contribution in [3.05, 3.63) is 30.1 Å². The standard InChI is InChI=1S/C12H16N2O2/c1-14(2)11(8-7-9(8)12(15)16)10-5-3-4-6-13-10/h3-6,8-9,11H,7H2,1-2H3,(H,15,16). The summed E-state index contributed by atoms with van der Waals surface area (Å²) in [5.41, 5.74) is 0.959. The van der Waals surface area contributed by atoms with E-state index in [0.717, 1.165) is 12.1 Å². The van der Waals surface area contributed by atoms with Crippen LogP contribution in [-0.2, 0) is 4.79 Å². The predicted octanol–water partition coefficient (Wildman–Crippen LogP) is 1.41. The van der Waals surface area contributed by atoms with Crippen LogP contribution in [0.2, 0.25) is 0 Å². The van der Waals surface area contributed by atoms with Crippen LogP contribution in [0.15, 0.2) is 24.4 Å². The maximum atomic E-state index is 10.9. The van der Waals surface area contributed by atoms with Crippen LogP contribution in [0.4, 0.5) is 0 Å². The summed E-state index contributed by atoms with van der Waals surface area (Å²) >= 11 is 0. The average Bonchev–Trinajstić information content (AvgIpc) is 2.99. The van der Waals surface area contributed by atoms with Gasteiger partial charge in [0.2, 0.25) is 0 Å². The first-order valence-electron chi connectivity index (χ1n) is 5.41. The third kappa shape index (κ3) is 2.07. The zero-order chi connectivity index (χ0) is 11.7. The molecular weight excluding hydrogens is 204 g/mol. The van der Waals surface area contributed by atoms with Crippen molar-refractivity contribution in [2.45, 2.75) is 12.5 Å². The van der Waals surface area contributed by atoms with Crippen molar-refractivity contribution in [1.29, 1.82) is 0 Å². The Bertz CT molecular complexity index is 378. The van der Waals surface area contributed by atoms with Crippen LogP contribution < -0.4 is 0 Å². The van der Waals surface area contributed by atoms with Gasteiger partial charge in [0.25, 0.3) is 0 Å². The molecule has 1 aliphatic rings. The van der Waals surface area contributed by atoms with E-state index < -0.39 is 5.97 Å². The Hall–Kier alpha value is -1.42. The minimum atomic E-state index is -0.687. The summed E-state index contributed by atoms with van der Waals surface area (Å²) in [5.74, 6) is -0.690. The molecule has 0 saturated heterocycles. The summed E-state index contributed by atoms with van der Waals surface area (Å²) in [4.78, 5) is 17.3. The average molecular weight is 220 g/mol. The van der Waals surface area contributed by atoms with Crippen LogP contribution in [0.25, 0.3) is 0 Å². The molecule has 0 bridgehead atoms. The molecule has 0 aliphatic heterocycles. The van der Waals surface area contributed by atoms with E-state index in [9.17, 15) is 4.79 Å². The molecule has 1 N–H and O–H groups in total. The van der Waals surface area contributed by atoms with E-state index in [0.29, 0.717) is 0 Å². The SMILES string of the molecule is CN(C)C(c1ccccn1)C1CC1C(=O)O. The summed E-state index contributed by atoms with van der Waals surface area (Å²) in [7, 11) is 3.94. The molecule has 16 heavy (non-hydrogen) atoms. The van der Waals surface area contributed by atoms with E-state index in [1.54, 1.807) is 6.20 Å². The van der Waals surface area contributed by atoms with Crippen LogP contribution in [0.1, 0.15) is 18.2 Å². The monoisotopic (exact) mass is 220 g/mol. The molecule has 0 spiro atoms. The quantitative estimate of drug-likeness (QED) is 0.833. The van der Waals surface area contributed by atoms with Gasteiger partial charge < -0.3 is 10.0 Å². The first-order valence-corrected chi connectivity index (χ1v) is 5.41. The van der Waals surface area contributed by atoms with Crippen LogP contribution in [-0.4, -0.2) is 35.1 Å². The lowest BCUT2D eigenvalue weighted by atomic mass is 10.1. The number of carboxylic acid groups (broad SMARTS) is 1. The van der Waals surface area contributed by atoms with Crippen molar-refractivity contribution in [1.82, 2.24) is 9.88 Å². The first-order chi connectivity index (χ1) is 7.61. The second-order valence-electron chi connectivity index (χ2n) is 4.51. The highest BCUT2D eigenvalue weighted by molar-refractivity contribution is 5.73. The fourth-order valence-electron chi connectivity index (χ4n) is 2.27. The normalized spacial score (nSPS) is 25.4. The minimum absolute atomic E-state index is 0.113. The van der Waals surface area contributed by atoms with E-state index in [4.69, 9.17) is 5.11 Å². The highest BCUT2D eigenvalue weighted by Crippen LogP contribution is 2.48. The molecule has 3 unspecified atom stereocenters. The van der Waals surface area contributed by atoms with Gasteiger partial charge in [-0.1, -0.05) is 6.07 Å². The van der Waals surface area contributed by atoms with Crippen molar-refractivity contribution in [3.8, 4) is 0 Å². The lowest BCUT2D eigenvalue weighted by molar-refractivity contribution is -0.139.